The average molecular weight is 268 g/mol. The van der Waals surface area contributed by atoms with Crippen molar-refractivity contribution in [3.63, 3.8) is 0 Å². The van der Waals surface area contributed by atoms with Gasteiger partial charge in [-0.2, -0.15) is 20.1 Å². The minimum atomic E-state index is 0.176. The first kappa shape index (κ1) is 12.6. The van der Waals surface area contributed by atoms with Crippen molar-refractivity contribution in [3.8, 4) is 0 Å². The lowest BCUT2D eigenvalue weighted by atomic mass is 10.6. The molecule has 0 aliphatic carbocycles. The molecule has 0 radical (unpaired) electrons. The molecule has 2 rings (SSSR count). The first-order valence-corrected chi connectivity index (χ1v) is 5.83. The van der Waals surface area contributed by atoms with Crippen molar-refractivity contribution in [1.82, 2.24) is 24.7 Å². The Labute approximate surface area is 110 Å². The zero-order valence-electron chi connectivity index (χ0n) is 10.2. The third-order valence-corrected chi connectivity index (χ3v) is 2.35. The van der Waals surface area contributed by atoms with Crippen LogP contribution < -0.4 is 10.2 Å². The quantitative estimate of drug-likeness (QED) is 0.868. The number of aromatic nitrogens is 5. The van der Waals surface area contributed by atoms with Crippen molar-refractivity contribution in [2.24, 2.45) is 0 Å². The van der Waals surface area contributed by atoms with Crippen LogP contribution in [0.3, 0.4) is 0 Å². The molecule has 7 nitrogen and oxygen atoms in total. The Morgan fingerprint density at radius 3 is 2.83 bits per heavy atom. The van der Waals surface area contributed by atoms with E-state index < -0.39 is 0 Å². The maximum absolute atomic E-state index is 5.83. The number of halogens is 1. The molecule has 0 aliphatic heterocycles. The first-order valence-electron chi connectivity index (χ1n) is 5.45. The van der Waals surface area contributed by atoms with Crippen LogP contribution in [0.1, 0.15) is 0 Å². The van der Waals surface area contributed by atoms with Gasteiger partial charge in [-0.1, -0.05) is 0 Å². The lowest BCUT2D eigenvalue weighted by Gasteiger charge is -2.11. The van der Waals surface area contributed by atoms with Gasteiger partial charge in [0.15, 0.2) is 0 Å². The number of nitrogens with one attached hydrogen (secondary N) is 1. The number of hydrogen-bond donors (Lipinski definition) is 1. The molecule has 0 aliphatic rings. The predicted octanol–water partition coefficient (Wildman–Crippen LogP) is 0.900. The van der Waals surface area contributed by atoms with Crippen LogP contribution in [-0.2, 0) is 6.54 Å². The van der Waals surface area contributed by atoms with E-state index in [1.807, 2.05) is 31.0 Å². The lowest BCUT2D eigenvalue weighted by molar-refractivity contribution is 0.636. The minimum absolute atomic E-state index is 0.176. The van der Waals surface area contributed by atoms with E-state index in [9.17, 15) is 0 Å². The maximum Gasteiger partial charge on any atom is 0.230 e. The van der Waals surface area contributed by atoms with Gasteiger partial charge in [0.2, 0.25) is 17.2 Å². The molecule has 0 bridgehead atoms. The third kappa shape index (κ3) is 3.30. The topological polar surface area (TPSA) is 71.8 Å². The fraction of sp³-hybridized carbons (Fsp3) is 0.400. The van der Waals surface area contributed by atoms with Gasteiger partial charge in [0, 0.05) is 33.0 Å². The molecule has 2 heterocycles. The second-order valence-electron chi connectivity index (χ2n) is 3.82. The van der Waals surface area contributed by atoms with E-state index in [1.165, 1.54) is 0 Å². The summed E-state index contributed by atoms with van der Waals surface area (Å²) >= 11 is 5.83. The summed E-state index contributed by atoms with van der Waals surface area (Å²) in [5.41, 5.74) is 0. The summed E-state index contributed by atoms with van der Waals surface area (Å²) in [6.07, 6.45) is 3.64. The molecule has 0 saturated carbocycles. The highest BCUT2D eigenvalue weighted by Gasteiger charge is 2.05. The van der Waals surface area contributed by atoms with Gasteiger partial charge in [-0.3, -0.25) is 4.68 Å². The number of nitrogens with zero attached hydrogens (tertiary/aromatic N) is 6. The van der Waals surface area contributed by atoms with Crippen LogP contribution in [0, 0.1) is 0 Å². The number of hydrogen-bond acceptors (Lipinski definition) is 6. The van der Waals surface area contributed by atoms with Crippen molar-refractivity contribution in [2.75, 3.05) is 30.9 Å². The van der Waals surface area contributed by atoms with Crippen LogP contribution in [0.15, 0.2) is 18.5 Å². The molecule has 2 aromatic heterocycles. The fourth-order valence-electron chi connectivity index (χ4n) is 1.33. The molecule has 0 spiro atoms. The van der Waals surface area contributed by atoms with E-state index >= 15 is 0 Å². The van der Waals surface area contributed by atoms with Gasteiger partial charge in [-0.05, 0) is 17.7 Å². The summed E-state index contributed by atoms with van der Waals surface area (Å²) in [7, 11) is 3.69. The maximum atomic E-state index is 5.83. The van der Waals surface area contributed by atoms with Gasteiger partial charge in [0.05, 0.1) is 6.54 Å². The van der Waals surface area contributed by atoms with E-state index in [2.05, 4.69) is 25.4 Å². The Hall–Kier alpha value is -1.89. The zero-order valence-corrected chi connectivity index (χ0v) is 11.0. The van der Waals surface area contributed by atoms with E-state index in [4.69, 9.17) is 11.6 Å². The largest absolute Gasteiger partial charge is 0.352 e. The molecule has 8 heteroatoms. The van der Waals surface area contributed by atoms with Crippen LogP contribution in [0.2, 0.25) is 5.28 Å². The SMILES string of the molecule is CN(C)c1nc(Cl)nc(NCCn2cccn2)n1. The van der Waals surface area contributed by atoms with Gasteiger partial charge < -0.3 is 10.2 Å². The first-order chi connectivity index (χ1) is 8.65. The van der Waals surface area contributed by atoms with Crippen LogP contribution >= 0.6 is 11.6 Å². The summed E-state index contributed by atoms with van der Waals surface area (Å²) in [6, 6.07) is 1.88. The molecule has 1 N–H and O–H groups in total. The molecule has 0 saturated heterocycles. The molecule has 0 amide bonds. The van der Waals surface area contributed by atoms with Crippen molar-refractivity contribution in [3.05, 3.63) is 23.7 Å². The van der Waals surface area contributed by atoms with Gasteiger partial charge in [0.25, 0.3) is 0 Å². The highest BCUT2D eigenvalue weighted by atomic mass is 35.5. The van der Waals surface area contributed by atoms with Crippen molar-refractivity contribution in [1.29, 1.82) is 0 Å². The average Bonchev–Trinajstić information content (AvgIpc) is 2.81. The summed E-state index contributed by atoms with van der Waals surface area (Å²) in [5, 5.41) is 7.36. The van der Waals surface area contributed by atoms with E-state index in [0.717, 1.165) is 6.54 Å². The second-order valence-corrected chi connectivity index (χ2v) is 4.16. The zero-order chi connectivity index (χ0) is 13.0. The monoisotopic (exact) mass is 267 g/mol. The summed E-state index contributed by atoms with van der Waals surface area (Å²) in [6.45, 7) is 1.39. The lowest BCUT2D eigenvalue weighted by Crippen LogP contribution is -2.17. The number of anilines is 2. The molecule has 96 valence electrons. The van der Waals surface area contributed by atoms with Crippen molar-refractivity contribution >= 4 is 23.5 Å². The molecule has 18 heavy (non-hydrogen) atoms. The van der Waals surface area contributed by atoms with E-state index in [1.54, 1.807) is 11.1 Å². The normalized spacial score (nSPS) is 10.4. The highest BCUT2D eigenvalue weighted by molar-refractivity contribution is 6.28. The predicted molar refractivity (Wildman–Crippen MR) is 69.9 cm³/mol. The molecular weight excluding hydrogens is 254 g/mol. The fourth-order valence-corrected chi connectivity index (χ4v) is 1.49. The van der Waals surface area contributed by atoms with Crippen LogP contribution in [0.25, 0.3) is 0 Å². The van der Waals surface area contributed by atoms with Crippen molar-refractivity contribution in [2.45, 2.75) is 6.54 Å². The summed E-state index contributed by atoms with van der Waals surface area (Å²) in [4.78, 5) is 14.0. The Kier molecular flexibility index (Phi) is 3.93. The van der Waals surface area contributed by atoms with Crippen molar-refractivity contribution < 1.29 is 0 Å². The number of rotatable bonds is 5. The molecule has 0 unspecified atom stereocenters. The van der Waals surface area contributed by atoms with Gasteiger partial charge in [0.1, 0.15) is 0 Å². The molecule has 0 aromatic carbocycles. The summed E-state index contributed by atoms with van der Waals surface area (Å²) < 4.78 is 1.82. The molecular formula is C10H14ClN7. The van der Waals surface area contributed by atoms with E-state index in [-0.39, 0.29) is 5.28 Å². The molecule has 0 atom stereocenters. The standard InChI is InChI=1S/C10H14ClN7/c1-17(2)10-15-8(11)14-9(16-10)12-5-7-18-6-3-4-13-18/h3-4,6H,5,7H2,1-2H3,(H,12,14,15,16). The van der Waals surface area contributed by atoms with Gasteiger partial charge >= 0.3 is 0 Å². The Morgan fingerprint density at radius 2 is 2.17 bits per heavy atom. The van der Waals surface area contributed by atoms with Crippen LogP contribution in [-0.4, -0.2) is 45.4 Å². The summed E-state index contributed by atoms with van der Waals surface area (Å²) in [5.74, 6) is 0.988. The van der Waals surface area contributed by atoms with E-state index in [0.29, 0.717) is 18.4 Å². The van der Waals surface area contributed by atoms with Gasteiger partial charge in [-0.25, -0.2) is 0 Å². The second kappa shape index (κ2) is 5.63. The van der Waals surface area contributed by atoms with Crippen LogP contribution in [0.5, 0.6) is 0 Å². The van der Waals surface area contributed by atoms with Crippen LogP contribution in [0.4, 0.5) is 11.9 Å². The Balaban J connectivity index is 1.96. The molecule has 2 aromatic rings. The Morgan fingerprint density at radius 1 is 1.33 bits per heavy atom. The Bertz CT molecular complexity index is 497. The molecule has 0 fully saturated rings. The smallest absolute Gasteiger partial charge is 0.230 e. The third-order valence-electron chi connectivity index (χ3n) is 2.18. The highest BCUT2D eigenvalue weighted by Crippen LogP contribution is 2.11. The minimum Gasteiger partial charge on any atom is -0.352 e. The van der Waals surface area contributed by atoms with Gasteiger partial charge in [-0.15, -0.1) is 0 Å².